The zero-order chi connectivity index (χ0) is 11.7. The van der Waals surface area contributed by atoms with Gasteiger partial charge in [-0.15, -0.1) is 11.3 Å². The molecule has 0 radical (unpaired) electrons. The summed E-state index contributed by atoms with van der Waals surface area (Å²) in [4.78, 5) is 2.43. The minimum atomic E-state index is 0.927. The zero-order valence-corrected chi connectivity index (χ0v) is 10.8. The van der Waals surface area contributed by atoms with E-state index in [1.807, 2.05) is 0 Å². The van der Waals surface area contributed by atoms with Crippen LogP contribution in [-0.4, -0.2) is 6.54 Å². The molecule has 0 bridgehead atoms. The lowest BCUT2D eigenvalue weighted by atomic mass is 10.2. The van der Waals surface area contributed by atoms with Gasteiger partial charge in [0.25, 0.3) is 0 Å². The SMILES string of the molecule is CCCN1c2cscc2CNc2ccccc21. The summed E-state index contributed by atoms with van der Waals surface area (Å²) in [7, 11) is 0. The van der Waals surface area contributed by atoms with Crippen LogP contribution in [0.5, 0.6) is 0 Å². The van der Waals surface area contributed by atoms with Gasteiger partial charge in [0.1, 0.15) is 0 Å². The third-order valence-corrected chi connectivity index (χ3v) is 3.90. The van der Waals surface area contributed by atoms with Gasteiger partial charge in [0.15, 0.2) is 0 Å². The topological polar surface area (TPSA) is 15.3 Å². The van der Waals surface area contributed by atoms with Gasteiger partial charge in [-0.05, 0) is 23.9 Å². The summed E-state index contributed by atoms with van der Waals surface area (Å²) in [6.07, 6.45) is 1.16. The smallest absolute Gasteiger partial charge is 0.0646 e. The van der Waals surface area contributed by atoms with Gasteiger partial charge in [0.2, 0.25) is 0 Å². The maximum absolute atomic E-state index is 3.52. The first-order chi connectivity index (χ1) is 8.40. The Kier molecular flexibility index (Phi) is 2.77. The van der Waals surface area contributed by atoms with E-state index in [9.17, 15) is 0 Å². The van der Waals surface area contributed by atoms with E-state index < -0.39 is 0 Å². The number of anilines is 3. The molecule has 1 aromatic carbocycles. The van der Waals surface area contributed by atoms with E-state index in [1.54, 1.807) is 11.3 Å². The molecule has 17 heavy (non-hydrogen) atoms. The van der Waals surface area contributed by atoms with E-state index in [1.165, 1.54) is 22.6 Å². The number of thiophene rings is 1. The summed E-state index contributed by atoms with van der Waals surface area (Å²) >= 11 is 1.79. The Bertz CT molecular complexity index is 518. The first-order valence-corrected chi connectivity index (χ1v) is 7.00. The second-order valence-corrected chi connectivity index (χ2v) is 5.05. The van der Waals surface area contributed by atoms with E-state index in [-0.39, 0.29) is 0 Å². The van der Waals surface area contributed by atoms with Crippen LogP contribution in [0.3, 0.4) is 0 Å². The summed E-state index contributed by atoms with van der Waals surface area (Å²) in [5.41, 5.74) is 5.31. The van der Waals surface area contributed by atoms with Crippen molar-refractivity contribution < 1.29 is 0 Å². The van der Waals surface area contributed by atoms with Gasteiger partial charge in [-0.1, -0.05) is 19.1 Å². The average molecular weight is 244 g/mol. The Morgan fingerprint density at radius 3 is 3.00 bits per heavy atom. The second-order valence-electron chi connectivity index (χ2n) is 4.30. The molecule has 0 fully saturated rings. The van der Waals surface area contributed by atoms with E-state index in [0.29, 0.717) is 0 Å². The van der Waals surface area contributed by atoms with E-state index in [0.717, 1.165) is 19.5 Å². The largest absolute Gasteiger partial charge is 0.379 e. The molecule has 2 aromatic rings. The third-order valence-electron chi connectivity index (χ3n) is 3.12. The predicted octanol–water partition coefficient (Wildman–Crippen LogP) is 4.22. The number of para-hydroxylation sites is 2. The molecule has 0 spiro atoms. The summed E-state index contributed by atoms with van der Waals surface area (Å²) in [5, 5.41) is 8.03. The fraction of sp³-hybridized carbons (Fsp3) is 0.286. The standard InChI is InChI=1S/C14H16N2S/c1-2-7-16-13-6-4-3-5-12(13)15-8-11-9-17-10-14(11)16/h3-6,9-10,15H,2,7-8H2,1H3. The molecule has 1 aliphatic rings. The summed E-state index contributed by atoms with van der Waals surface area (Å²) in [6, 6.07) is 8.56. The maximum Gasteiger partial charge on any atom is 0.0646 e. The van der Waals surface area contributed by atoms with E-state index in [2.05, 4.69) is 52.2 Å². The van der Waals surface area contributed by atoms with Crippen molar-refractivity contribution in [2.45, 2.75) is 19.9 Å². The molecule has 0 saturated heterocycles. The van der Waals surface area contributed by atoms with Crippen LogP contribution in [0.15, 0.2) is 35.0 Å². The van der Waals surface area contributed by atoms with Crippen LogP contribution in [0, 0.1) is 0 Å². The molecular weight excluding hydrogens is 228 g/mol. The molecule has 1 aliphatic heterocycles. The molecule has 0 aliphatic carbocycles. The molecule has 3 heteroatoms. The Labute approximate surface area is 106 Å². The van der Waals surface area contributed by atoms with Crippen molar-refractivity contribution in [2.75, 3.05) is 16.8 Å². The summed E-state index contributed by atoms with van der Waals surface area (Å²) < 4.78 is 0. The monoisotopic (exact) mass is 244 g/mol. The Hall–Kier alpha value is -1.48. The van der Waals surface area contributed by atoms with Crippen LogP contribution in [-0.2, 0) is 6.54 Å². The number of fused-ring (bicyclic) bond motifs is 2. The lowest BCUT2D eigenvalue weighted by Crippen LogP contribution is -2.17. The first-order valence-electron chi connectivity index (χ1n) is 6.05. The number of rotatable bonds is 2. The van der Waals surface area contributed by atoms with Crippen molar-refractivity contribution in [3.05, 3.63) is 40.6 Å². The van der Waals surface area contributed by atoms with Crippen LogP contribution in [0.25, 0.3) is 0 Å². The lowest BCUT2D eigenvalue weighted by molar-refractivity contribution is 0.887. The van der Waals surface area contributed by atoms with Gasteiger partial charge in [-0.3, -0.25) is 0 Å². The van der Waals surface area contributed by atoms with Crippen LogP contribution >= 0.6 is 11.3 Å². The highest BCUT2D eigenvalue weighted by Crippen LogP contribution is 2.39. The molecule has 2 heterocycles. The molecule has 1 N–H and O–H groups in total. The van der Waals surface area contributed by atoms with Crippen molar-refractivity contribution in [1.82, 2.24) is 0 Å². The molecule has 0 atom stereocenters. The second kappa shape index (κ2) is 4.41. The predicted molar refractivity (Wildman–Crippen MR) is 75.4 cm³/mol. The van der Waals surface area contributed by atoms with Gasteiger partial charge in [0.05, 0.1) is 17.1 Å². The highest BCUT2D eigenvalue weighted by Gasteiger charge is 2.19. The van der Waals surface area contributed by atoms with E-state index in [4.69, 9.17) is 0 Å². The molecule has 0 amide bonds. The number of nitrogens with one attached hydrogen (secondary N) is 1. The third kappa shape index (κ3) is 1.80. The van der Waals surface area contributed by atoms with Crippen molar-refractivity contribution in [3.8, 4) is 0 Å². The summed E-state index contributed by atoms with van der Waals surface area (Å²) in [6.45, 7) is 4.23. The van der Waals surface area contributed by atoms with Gasteiger partial charge in [-0.25, -0.2) is 0 Å². The van der Waals surface area contributed by atoms with Crippen molar-refractivity contribution in [3.63, 3.8) is 0 Å². The normalized spacial score (nSPS) is 13.6. The molecule has 1 aromatic heterocycles. The Morgan fingerprint density at radius 1 is 1.24 bits per heavy atom. The number of benzene rings is 1. The van der Waals surface area contributed by atoms with Crippen molar-refractivity contribution >= 4 is 28.4 Å². The van der Waals surface area contributed by atoms with Crippen LogP contribution in [0.4, 0.5) is 17.1 Å². The minimum Gasteiger partial charge on any atom is -0.379 e. The molecular formula is C14H16N2S. The maximum atomic E-state index is 3.52. The van der Waals surface area contributed by atoms with Crippen molar-refractivity contribution in [1.29, 1.82) is 0 Å². The molecule has 88 valence electrons. The molecule has 3 rings (SSSR count). The number of nitrogens with zero attached hydrogens (tertiary/aromatic N) is 1. The highest BCUT2D eigenvalue weighted by molar-refractivity contribution is 7.08. The summed E-state index contributed by atoms with van der Waals surface area (Å²) in [5.74, 6) is 0. The lowest BCUT2D eigenvalue weighted by Gasteiger charge is -2.24. The average Bonchev–Trinajstić information content (AvgIpc) is 2.77. The number of hydrogen-bond donors (Lipinski definition) is 1. The highest BCUT2D eigenvalue weighted by atomic mass is 32.1. The molecule has 0 unspecified atom stereocenters. The number of hydrogen-bond acceptors (Lipinski definition) is 3. The van der Waals surface area contributed by atoms with Gasteiger partial charge >= 0.3 is 0 Å². The minimum absolute atomic E-state index is 0.927. The van der Waals surface area contributed by atoms with Crippen molar-refractivity contribution in [2.24, 2.45) is 0 Å². The van der Waals surface area contributed by atoms with Crippen LogP contribution in [0.2, 0.25) is 0 Å². The van der Waals surface area contributed by atoms with Crippen LogP contribution in [0.1, 0.15) is 18.9 Å². The van der Waals surface area contributed by atoms with E-state index >= 15 is 0 Å². The van der Waals surface area contributed by atoms with Gasteiger partial charge in [0, 0.05) is 24.0 Å². The zero-order valence-electron chi connectivity index (χ0n) is 9.94. The Morgan fingerprint density at radius 2 is 2.12 bits per heavy atom. The molecule has 0 saturated carbocycles. The van der Waals surface area contributed by atoms with Gasteiger partial charge in [-0.2, -0.15) is 0 Å². The first kappa shape index (κ1) is 10.7. The van der Waals surface area contributed by atoms with Crippen LogP contribution < -0.4 is 10.2 Å². The molecule has 2 nitrogen and oxygen atoms in total. The van der Waals surface area contributed by atoms with Gasteiger partial charge < -0.3 is 10.2 Å². The fourth-order valence-corrected chi connectivity index (χ4v) is 3.17. The Balaban J connectivity index is 2.12. The fourth-order valence-electron chi connectivity index (χ4n) is 2.33. The quantitative estimate of drug-likeness (QED) is 0.850.